The van der Waals surface area contributed by atoms with Crippen LogP contribution in [0.3, 0.4) is 0 Å². The third-order valence-electron chi connectivity index (χ3n) is 3.06. The van der Waals surface area contributed by atoms with Crippen molar-refractivity contribution in [3.05, 3.63) is 28.5 Å². The smallest absolute Gasteiger partial charge is 0.0910 e. The normalized spacial score (nSPS) is 31.5. The number of aliphatic hydroxyl groups excluding tert-OH is 1. The standard InChI is InChI=1S/C11H14BrNO2/c12-10-7-13-6-3-9(10)11(15)4-1-8(14)2-5-11/h3,6-8,14-15H,1-2,4-5H2. The summed E-state index contributed by atoms with van der Waals surface area (Å²) in [5.74, 6) is 0. The van der Waals surface area contributed by atoms with Crippen LogP contribution in [0.25, 0.3) is 0 Å². The van der Waals surface area contributed by atoms with Gasteiger partial charge in [-0.15, -0.1) is 0 Å². The lowest BCUT2D eigenvalue weighted by atomic mass is 9.79. The summed E-state index contributed by atoms with van der Waals surface area (Å²) in [6.45, 7) is 0. The molecule has 4 heteroatoms. The van der Waals surface area contributed by atoms with Crippen molar-refractivity contribution in [1.82, 2.24) is 4.98 Å². The maximum absolute atomic E-state index is 10.5. The van der Waals surface area contributed by atoms with Gasteiger partial charge in [0.1, 0.15) is 0 Å². The van der Waals surface area contributed by atoms with Gasteiger partial charge in [0.05, 0.1) is 11.7 Å². The lowest BCUT2D eigenvalue weighted by molar-refractivity contribution is -0.0366. The summed E-state index contributed by atoms with van der Waals surface area (Å²) in [5, 5.41) is 19.9. The highest BCUT2D eigenvalue weighted by atomic mass is 79.9. The molecule has 2 N–H and O–H groups in total. The van der Waals surface area contributed by atoms with Crippen molar-refractivity contribution in [3.8, 4) is 0 Å². The number of hydrogen-bond donors (Lipinski definition) is 2. The molecule has 0 aliphatic heterocycles. The van der Waals surface area contributed by atoms with Gasteiger partial charge >= 0.3 is 0 Å². The van der Waals surface area contributed by atoms with E-state index in [2.05, 4.69) is 20.9 Å². The SMILES string of the molecule is OC1CCC(O)(c2ccncc2Br)CC1. The van der Waals surface area contributed by atoms with E-state index < -0.39 is 5.60 Å². The zero-order valence-electron chi connectivity index (χ0n) is 8.36. The maximum atomic E-state index is 10.5. The highest BCUT2D eigenvalue weighted by Crippen LogP contribution is 2.39. The van der Waals surface area contributed by atoms with Crippen LogP contribution in [0.2, 0.25) is 0 Å². The van der Waals surface area contributed by atoms with Gasteiger partial charge < -0.3 is 10.2 Å². The minimum atomic E-state index is -0.805. The van der Waals surface area contributed by atoms with Crippen LogP contribution < -0.4 is 0 Å². The van der Waals surface area contributed by atoms with Crippen LogP contribution in [-0.2, 0) is 5.60 Å². The Labute approximate surface area is 97.3 Å². The molecule has 15 heavy (non-hydrogen) atoms. The van der Waals surface area contributed by atoms with Crippen LogP contribution in [-0.4, -0.2) is 21.3 Å². The number of rotatable bonds is 1. The van der Waals surface area contributed by atoms with Gasteiger partial charge in [0.25, 0.3) is 0 Å². The Hall–Kier alpha value is -0.450. The van der Waals surface area contributed by atoms with E-state index in [9.17, 15) is 10.2 Å². The second-order valence-corrected chi connectivity index (χ2v) is 4.97. The fourth-order valence-corrected chi connectivity index (χ4v) is 2.72. The first-order chi connectivity index (χ1) is 7.12. The van der Waals surface area contributed by atoms with Gasteiger partial charge in [-0.3, -0.25) is 4.98 Å². The van der Waals surface area contributed by atoms with E-state index >= 15 is 0 Å². The van der Waals surface area contributed by atoms with E-state index in [0.717, 1.165) is 10.0 Å². The average Bonchev–Trinajstić information content (AvgIpc) is 2.23. The van der Waals surface area contributed by atoms with Crippen LogP contribution in [0.4, 0.5) is 0 Å². The van der Waals surface area contributed by atoms with E-state index in [1.54, 1.807) is 12.4 Å². The maximum Gasteiger partial charge on any atom is 0.0910 e. The number of aliphatic hydroxyl groups is 2. The first-order valence-electron chi connectivity index (χ1n) is 5.12. The van der Waals surface area contributed by atoms with Crippen molar-refractivity contribution >= 4 is 15.9 Å². The van der Waals surface area contributed by atoms with Crippen LogP contribution in [0.5, 0.6) is 0 Å². The molecule has 0 saturated heterocycles. The Balaban J connectivity index is 2.26. The van der Waals surface area contributed by atoms with Crippen molar-refractivity contribution in [3.63, 3.8) is 0 Å². The number of nitrogens with zero attached hydrogens (tertiary/aromatic N) is 1. The first-order valence-corrected chi connectivity index (χ1v) is 5.91. The minimum absolute atomic E-state index is 0.258. The third-order valence-corrected chi connectivity index (χ3v) is 3.69. The molecule has 3 nitrogen and oxygen atoms in total. The van der Waals surface area contributed by atoms with E-state index in [0.29, 0.717) is 25.7 Å². The van der Waals surface area contributed by atoms with Crippen molar-refractivity contribution in [1.29, 1.82) is 0 Å². The summed E-state index contributed by atoms with van der Waals surface area (Å²) in [7, 11) is 0. The lowest BCUT2D eigenvalue weighted by Gasteiger charge is -2.35. The molecule has 1 aliphatic rings. The molecule has 0 amide bonds. The van der Waals surface area contributed by atoms with E-state index in [4.69, 9.17) is 0 Å². The van der Waals surface area contributed by atoms with Crippen LogP contribution in [0, 0.1) is 0 Å². The molecule has 0 aromatic carbocycles. The van der Waals surface area contributed by atoms with E-state index in [-0.39, 0.29) is 6.10 Å². The van der Waals surface area contributed by atoms with Crippen LogP contribution in [0.1, 0.15) is 31.2 Å². The molecule has 1 aliphatic carbocycles. The predicted molar refractivity (Wildman–Crippen MR) is 60.3 cm³/mol. The van der Waals surface area contributed by atoms with Gasteiger partial charge in [0, 0.05) is 22.4 Å². The largest absolute Gasteiger partial charge is 0.393 e. The van der Waals surface area contributed by atoms with E-state index in [1.807, 2.05) is 6.07 Å². The van der Waals surface area contributed by atoms with Crippen LogP contribution in [0.15, 0.2) is 22.9 Å². The Bertz CT molecular complexity index is 348. The Morgan fingerprint density at radius 2 is 2.07 bits per heavy atom. The molecule has 0 spiro atoms. The zero-order valence-corrected chi connectivity index (χ0v) is 9.94. The van der Waals surface area contributed by atoms with Crippen molar-refractivity contribution in [2.24, 2.45) is 0 Å². The van der Waals surface area contributed by atoms with Gasteiger partial charge in [-0.05, 0) is 47.7 Å². The van der Waals surface area contributed by atoms with Gasteiger partial charge in [-0.1, -0.05) is 0 Å². The number of hydrogen-bond acceptors (Lipinski definition) is 3. The molecule has 1 heterocycles. The van der Waals surface area contributed by atoms with Gasteiger partial charge in [0.15, 0.2) is 0 Å². The molecule has 0 radical (unpaired) electrons. The number of pyridine rings is 1. The molecule has 0 unspecified atom stereocenters. The summed E-state index contributed by atoms with van der Waals surface area (Å²) in [5.41, 5.74) is 0.0745. The summed E-state index contributed by atoms with van der Waals surface area (Å²) in [4.78, 5) is 3.98. The van der Waals surface area contributed by atoms with Crippen molar-refractivity contribution < 1.29 is 10.2 Å². The Morgan fingerprint density at radius 1 is 1.40 bits per heavy atom. The Kier molecular flexibility index (Phi) is 3.09. The summed E-state index contributed by atoms with van der Waals surface area (Å²) >= 11 is 3.40. The second kappa shape index (κ2) is 4.20. The zero-order chi connectivity index (χ0) is 10.9. The molecule has 82 valence electrons. The molecule has 0 atom stereocenters. The molecule has 1 aromatic rings. The number of aromatic nitrogens is 1. The molecular formula is C11H14BrNO2. The second-order valence-electron chi connectivity index (χ2n) is 4.12. The molecule has 1 fully saturated rings. The summed E-state index contributed by atoms with van der Waals surface area (Å²) in [6, 6.07) is 1.84. The predicted octanol–water partition coefficient (Wildman–Crippen LogP) is 1.97. The van der Waals surface area contributed by atoms with Gasteiger partial charge in [-0.25, -0.2) is 0 Å². The molecule has 1 aromatic heterocycles. The van der Waals surface area contributed by atoms with Gasteiger partial charge in [-0.2, -0.15) is 0 Å². The number of halogens is 1. The minimum Gasteiger partial charge on any atom is -0.393 e. The fraction of sp³-hybridized carbons (Fsp3) is 0.545. The fourth-order valence-electron chi connectivity index (χ4n) is 2.10. The monoisotopic (exact) mass is 271 g/mol. The highest BCUT2D eigenvalue weighted by molar-refractivity contribution is 9.10. The third kappa shape index (κ3) is 2.22. The highest BCUT2D eigenvalue weighted by Gasteiger charge is 2.35. The molecule has 1 saturated carbocycles. The molecule has 0 bridgehead atoms. The van der Waals surface area contributed by atoms with Crippen molar-refractivity contribution in [2.75, 3.05) is 0 Å². The van der Waals surface area contributed by atoms with E-state index in [1.165, 1.54) is 0 Å². The first kappa shape index (κ1) is 11.0. The van der Waals surface area contributed by atoms with Crippen LogP contribution >= 0.6 is 15.9 Å². The molecular weight excluding hydrogens is 258 g/mol. The quantitative estimate of drug-likeness (QED) is 0.821. The van der Waals surface area contributed by atoms with Gasteiger partial charge in [0.2, 0.25) is 0 Å². The summed E-state index contributed by atoms with van der Waals surface area (Å²) in [6.07, 6.45) is 5.65. The molecule has 2 rings (SSSR count). The summed E-state index contributed by atoms with van der Waals surface area (Å²) < 4.78 is 0.837. The lowest BCUT2D eigenvalue weighted by Crippen LogP contribution is -2.33. The average molecular weight is 272 g/mol. The topological polar surface area (TPSA) is 53.4 Å². The Morgan fingerprint density at radius 3 is 2.67 bits per heavy atom. The van der Waals surface area contributed by atoms with Crippen molar-refractivity contribution in [2.45, 2.75) is 37.4 Å².